The molecule has 2 aromatic carbocycles. The second-order valence-corrected chi connectivity index (χ2v) is 5.55. The van der Waals surface area contributed by atoms with E-state index in [1.165, 1.54) is 27.8 Å². The third-order valence-electron chi connectivity index (χ3n) is 4.37. The van der Waals surface area contributed by atoms with Crippen molar-refractivity contribution in [2.45, 2.75) is 25.7 Å². The summed E-state index contributed by atoms with van der Waals surface area (Å²) in [6.07, 6.45) is 4.74. The fourth-order valence-corrected chi connectivity index (χ4v) is 3.47. The lowest BCUT2D eigenvalue weighted by atomic mass is 9.82. The van der Waals surface area contributed by atoms with E-state index in [0.717, 1.165) is 0 Å². The predicted octanol–water partition coefficient (Wildman–Crippen LogP) is 4.78. The molecule has 0 N–H and O–H groups in total. The standard InChI is InChI=1S/C18H16/c1-11-6-8-14-16-9-7-12(2)13-4-3-5-15(18(13)16)17(14)10-11/h3-10,12,16H,1-2H3. The molecular weight excluding hydrogens is 216 g/mol. The van der Waals surface area contributed by atoms with Crippen molar-refractivity contribution in [3.8, 4) is 11.1 Å². The van der Waals surface area contributed by atoms with Crippen molar-refractivity contribution >= 4 is 0 Å². The molecule has 0 heterocycles. The third-order valence-corrected chi connectivity index (χ3v) is 4.37. The van der Waals surface area contributed by atoms with Crippen LogP contribution in [0, 0.1) is 6.92 Å². The highest BCUT2D eigenvalue weighted by Gasteiger charge is 2.32. The third kappa shape index (κ3) is 1.16. The van der Waals surface area contributed by atoms with Crippen LogP contribution in [0.4, 0.5) is 0 Å². The van der Waals surface area contributed by atoms with E-state index in [2.05, 4.69) is 62.4 Å². The number of allylic oxidation sites excluding steroid dienone is 2. The van der Waals surface area contributed by atoms with E-state index in [0.29, 0.717) is 11.8 Å². The van der Waals surface area contributed by atoms with Crippen LogP contribution in [0.2, 0.25) is 0 Å². The molecule has 2 atom stereocenters. The topological polar surface area (TPSA) is 0 Å². The number of benzene rings is 2. The fraction of sp³-hybridized carbons (Fsp3) is 0.222. The Morgan fingerprint density at radius 3 is 2.67 bits per heavy atom. The van der Waals surface area contributed by atoms with E-state index in [1.54, 1.807) is 5.56 Å². The van der Waals surface area contributed by atoms with Gasteiger partial charge in [0.15, 0.2) is 0 Å². The molecule has 0 saturated heterocycles. The average molecular weight is 232 g/mol. The van der Waals surface area contributed by atoms with Gasteiger partial charge in [-0.05, 0) is 40.7 Å². The Morgan fingerprint density at radius 2 is 1.78 bits per heavy atom. The minimum Gasteiger partial charge on any atom is -0.0803 e. The summed E-state index contributed by atoms with van der Waals surface area (Å²) in [6, 6.07) is 13.7. The molecule has 0 bridgehead atoms. The Morgan fingerprint density at radius 1 is 0.889 bits per heavy atom. The zero-order chi connectivity index (χ0) is 12.3. The van der Waals surface area contributed by atoms with Gasteiger partial charge in [0.25, 0.3) is 0 Å². The quantitative estimate of drug-likeness (QED) is 0.573. The first-order valence-electron chi connectivity index (χ1n) is 6.68. The Hall–Kier alpha value is -1.82. The van der Waals surface area contributed by atoms with E-state index < -0.39 is 0 Å². The molecule has 0 radical (unpaired) electrons. The van der Waals surface area contributed by atoms with E-state index >= 15 is 0 Å². The molecule has 18 heavy (non-hydrogen) atoms. The molecule has 88 valence electrons. The van der Waals surface area contributed by atoms with Crippen molar-refractivity contribution in [3.05, 3.63) is 70.8 Å². The Labute approximate surface area is 108 Å². The van der Waals surface area contributed by atoms with E-state index in [-0.39, 0.29) is 0 Å². The van der Waals surface area contributed by atoms with Gasteiger partial charge in [0.2, 0.25) is 0 Å². The van der Waals surface area contributed by atoms with Gasteiger partial charge in [-0.2, -0.15) is 0 Å². The van der Waals surface area contributed by atoms with Gasteiger partial charge in [-0.15, -0.1) is 0 Å². The molecule has 4 rings (SSSR count). The number of aryl methyl sites for hydroxylation is 1. The van der Waals surface area contributed by atoms with Crippen LogP contribution in [-0.4, -0.2) is 0 Å². The molecule has 0 amide bonds. The summed E-state index contributed by atoms with van der Waals surface area (Å²) in [4.78, 5) is 0. The average Bonchev–Trinajstić information content (AvgIpc) is 2.69. The van der Waals surface area contributed by atoms with Crippen LogP contribution >= 0.6 is 0 Å². The van der Waals surface area contributed by atoms with Crippen LogP contribution in [0.1, 0.15) is 41.0 Å². The van der Waals surface area contributed by atoms with Crippen LogP contribution in [0.25, 0.3) is 11.1 Å². The van der Waals surface area contributed by atoms with Gasteiger partial charge in [-0.1, -0.05) is 61.0 Å². The maximum atomic E-state index is 2.39. The van der Waals surface area contributed by atoms with Gasteiger partial charge in [0, 0.05) is 5.92 Å². The summed E-state index contributed by atoms with van der Waals surface area (Å²) in [6.45, 7) is 4.46. The molecule has 2 aromatic rings. The maximum Gasteiger partial charge on any atom is 0.0285 e. The highest BCUT2D eigenvalue weighted by molar-refractivity contribution is 5.82. The highest BCUT2D eigenvalue weighted by atomic mass is 14.3. The molecule has 2 unspecified atom stereocenters. The van der Waals surface area contributed by atoms with Crippen LogP contribution in [-0.2, 0) is 0 Å². The van der Waals surface area contributed by atoms with Crippen LogP contribution in [0.5, 0.6) is 0 Å². The predicted molar refractivity (Wildman–Crippen MR) is 76.0 cm³/mol. The van der Waals surface area contributed by atoms with Crippen LogP contribution in [0.3, 0.4) is 0 Å². The molecule has 2 aliphatic carbocycles. The summed E-state index contributed by atoms with van der Waals surface area (Å²) in [5.41, 5.74) is 8.78. The largest absolute Gasteiger partial charge is 0.0803 e. The van der Waals surface area contributed by atoms with Gasteiger partial charge in [0.05, 0.1) is 0 Å². The van der Waals surface area contributed by atoms with Crippen molar-refractivity contribution in [2.75, 3.05) is 0 Å². The van der Waals surface area contributed by atoms with Gasteiger partial charge >= 0.3 is 0 Å². The Kier molecular flexibility index (Phi) is 1.89. The lowest BCUT2D eigenvalue weighted by Crippen LogP contribution is -2.05. The van der Waals surface area contributed by atoms with Crippen molar-refractivity contribution in [1.82, 2.24) is 0 Å². The molecular formula is C18H16. The van der Waals surface area contributed by atoms with Gasteiger partial charge < -0.3 is 0 Å². The smallest absolute Gasteiger partial charge is 0.0285 e. The SMILES string of the molecule is Cc1ccc2c(c1)-c1cccc3c1C2C=CC3C. The molecule has 2 aliphatic rings. The summed E-state index contributed by atoms with van der Waals surface area (Å²) < 4.78 is 0. The zero-order valence-corrected chi connectivity index (χ0v) is 10.8. The first-order valence-corrected chi connectivity index (χ1v) is 6.68. The van der Waals surface area contributed by atoms with Crippen molar-refractivity contribution in [2.24, 2.45) is 0 Å². The zero-order valence-electron chi connectivity index (χ0n) is 10.8. The first kappa shape index (κ1) is 10.1. The second kappa shape index (κ2) is 3.35. The van der Waals surface area contributed by atoms with Crippen molar-refractivity contribution in [1.29, 1.82) is 0 Å². The molecule has 0 aromatic heterocycles. The van der Waals surface area contributed by atoms with E-state index in [1.807, 2.05) is 0 Å². The van der Waals surface area contributed by atoms with E-state index in [9.17, 15) is 0 Å². The first-order chi connectivity index (χ1) is 8.75. The van der Waals surface area contributed by atoms with Gasteiger partial charge in [0.1, 0.15) is 0 Å². The summed E-state index contributed by atoms with van der Waals surface area (Å²) in [5, 5.41) is 0. The molecule has 0 saturated carbocycles. The van der Waals surface area contributed by atoms with Crippen molar-refractivity contribution in [3.63, 3.8) is 0 Å². The monoisotopic (exact) mass is 232 g/mol. The number of rotatable bonds is 0. The van der Waals surface area contributed by atoms with Gasteiger partial charge in [-0.25, -0.2) is 0 Å². The summed E-state index contributed by atoms with van der Waals surface area (Å²) >= 11 is 0. The molecule has 0 heteroatoms. The Balaban J connectivity index is 2.10. The maximum absolute atomic E-state index is 2.39. The van der Waals surface area contributed by atoms with Crippen molar-refractivity contribution < 1.29 is 0 Å². The molecule has 0 spiro atoms. The molecule has 0 nitrogen and oxygen atoms in total. The second-order valence-electron chi connectivity index (χ2n) is 5.55. The minimum absolute atomic E-state index is 0.489. The fourth-order valence-electron chi connectivity index (χ4n) is 3.47. The summed E-state index contributed by atoms with van der Waals surface area (Å²) in [7, 11) is 0. The minimum atomic E-state index is 0.489. The lowest BCUT2D eigenvalue weighted by Gasteiger charge is -2.22. The van der Waals surface area contributed by atoms with E-state index in [4.69, 9.17) is 0 Å². The normalized spacial score (nSPS) is 22.8. The Bertz CT molecular complexity index is 676. The van der Waals surface area contributed by atoms with Crippen LogP contribution in [0.15, 0.2) is 48.6 Å². The van der Waals surface area contributed by atoms with Gasteiger partial charge in [-0.3, -0.25) is 0 Å². The number of fused-ring (bicyclic) bond motifs is 3. The summed E-state index contributed by atoms with van der Waals surface area (Å²) in [5.74, 6) is 1.04. The van der Waals surface area contributed by atoms with Crippen LogP contribution < -0.4 is 0 Å². The molecule has 0 fully saturated rings. The number of hydrogen-bond acceptors (Lipinski definition) is 0. The lowest BCUT2D eigenvalue weighted by molar-refractivity contribution is 0.873. The highest BCUT2D eigenvalue weighted by Crippen LogP contribution is 2.50. The number of hydrogen-bond donors (Lipinski definition) is 0. The molecule has 0 aliphatic heterocycles.